The quantitative estimate of drug-likeness (QED) is 0.601. The molecule has 2 atom stereocenters. The van der Waals surface area contributed by atoms with Gasteiger partial charge in [-0.1, -0.05) is 26.7 Å². The molecule has 0 rings (SSSR count). The first-order chi connectivity index (χ1) is 10.6. The van der Waals surface area contributed by atoms with Crippen LogP contribution in [0.1, 0.15) is 60.3 Å². The van der Waals surface area contributed by atoms with Crippen LogP contribution in [0.4, 0.5) is 4.79 Å². The maximum atomic E-state index is 12.0. The lowest BCUT2D eigenvalue weighted by Crippen LogP contribution is -2.45. The van der Waals surface area contributed by atoms with Crippen LogP contribution in [-0.4, -0.2) is 41.3 Å². The zero-order valence-corrected chi connectivity index (χ0v) is 14.8. The van der Waals surface area contributed by atoms with E-state index < -0.39 is 23.7 Å². The van der Waals surface area contributed by atoms with E-state index in [0.29, 0.717) is 0 Å². The number of ether oxygens (including phenoxy) is 1. The summed E-state index contributed by atoms with van der Waals surface area (Å²) in [5.74, 6) is -1.62. The van der Waals surface area contributed by atoms with Gasteiger partial charge in [0.05, 0.1) is 0 Å². The summed E-state index contributed by atoms with van der Waals surface area (Å²) in [6.45, 7) is 9.14. The van der Waals surface area contributed by atoms with Gasteiger partial charge < -0.3 is 20.5 Å². The van der Waals surface area contributed by atoms with Crippen LogP contribution in [0, 0.1) is 5.92 Å². The molecule has 0 unspecified atom stereocenters. The van der Waals surface area contributed by atoms with Crippen LogP contribution in [0.2, 0.25) is 0 Å². The van der Waals surface area contributed by atoms with Crippen molar-refractivity contribution in [3.05, 3.63) is 0 Å². The second-order valence-electron chi connectivity index (χ2n) is 6.66. The Morgan fingerprint density at radius 2 is 1.78 bits per heavy atom. The molecule has 0 fully saturated rings. The smallest absolute Gasteiger partial charge is 0.407 e. The number of nitrogens with one attached hydrogen (secondary N) is 2. The van der Waals surface area contributed by atoms with Crippen LogP contribution < -0.4 is 10.6 Å². The van der Waals surface area contributed by atoms with Crippen molar-refractivity contribution in [3.63, 3.8) is 0 Å². The number of hydrogen-bond donors (Lipinski definition) is 3. The lowest BCUT2D eigenvalue weighted by atomic mass is 10.0. The Morgan fingerprint density at radius 3 is 2.26 bits per heavy atom. The first-order valence-electron chi connectivity index (χ1n) is 8.06. The van der Waals surface area contributed by atoms with Crippen molar-refractivity contribution in [1.29, 1.82) is 0 Å². The molecule has 134 valence electrons. The normalized spacial score (nSPS) is 13.8. The third-order valence-corrected chi connectivity index (χ3v) is 3.15. The van der Waals surface area contributed by atoms with Gasteiger partial charge in [-0.2, -0.15) is 0 Å². The zero-order valence-electron chi connectivity index (χ0n) is 14.8. The van der Waals surface area contributed by atoms with Gasteiger partial charge in [-0.05, 0) is 33.6 Å². The van der Waals surface area contributed by atoms with Crippen LogP contribution in [0.3, 0.4) is 0 Å². The fraction of sp³-hybridized carbons (Fsp3) is 0.812. The van der Waals surface area contributed by atoms with Gasteiger partial charge in [0.25, 0.3) is 0 Å². The van der Waals surface area contributed by atoms with E-state index in [-0.39, 0.29) is 24.8 Å². The summed E-state index contributed by atoms with van der Waals surface area (Å²) in [7, 11) is 0. The van der Waals surface area contributed by atoms with Gasteiger partial charge in [0.15, 0.2) is 0 Å². The summed E-state index contributed by atoms with van der Waals surface area (Å²) in [6.07, 6.45) is 2.13. The maximum absolute atomic E-state index is 12.0. The Kier molecular flexibility index (Phi) is 9.29. The highest BCUT2D eigenvalue weighted by Gasteiger charge is 2.23. The molecule has 0 aromatic carbocycles. The van der Waals surface area contributed by atoms with E-state index in [1.165, 1.54) is 0 Å². The molecule has 0 heterocycles. The third kappa shape index (κ3) is 10.5. The van der Waals surface area contributed by atoms with Crippen molar-refractivity contribution in [2.75, 3.05) is 6.54 Å². The molecule has 0 aliphatic rings. The predicted molar refractivity (Wildman–Crippen MR) is 87.1 cm³/mol. The van der Waals surface area contributed by atoms with Crippen LogP contribution in [0.15, 0.2) is 0 Å². The molecular weight excluding hydrogens is 300 g/mol. The van der Waals surface area contributed by atoms with Gasteiger partial charge in [0.1, 0.15) is 11.6 Å². The number of unbranched alkanes of at least 4 members (excludes halogenated alkanes) is 1. The number of amides is 2. The Bertz CT molecular complexity index is 404. The topological polar surface area (TPSA) is 105 Å². The molecule has 7 heteroatoms. The average molecular weight is 330 g/mol. The van der Waals surface area contributed by atoms with E-state index in [2.05, 4.69) is 10.6 Å². The van der Waals surface area contributed by atoms with Crippen LogP contribution in [0.25, 0.3) is 0 Å². The zero-order chi connectivity index (χ0) is 18.0. The first-order valence-corrected chi connectivity index (χ1v) is 8.06. The van der Waals surface area contributed by atoms with Crippen molar-refractivity contribution < 1.29 is 24.2 Å². The molecule has 0 aromatic rings. The monoisotopic (exact) mass is 330 g/mol. The molecule has 2 amide bonds. The largest absolute Gasteiger partial charge is 0.480 e. The van der Waals surface area contributed by atoms with E-state index >= 15 is 0 Å². The molecule has 7 nitrogen and oxygen atoms in total. The van der Waals surface area contributed by atoms with Crippen molar-refractivity contribution in [2.45, 2.75) is 71.9 Å². The number of rotatable bonds is 9. The van der Waals surface area contributed by atoms with E-state index in [9.17, 15) is 19.5 Å². The fourth-order valence-electron chi connectivity index (χ4n) is 1.85. The summed E-state index contributed by atoms with van der Waals surface area (Å²) < 4.78 is 5.06. The van der Waals surface area contributed by atoms with E-state index in [1.54, 1.807) is 27.7 Å². The minimum atomic E-state index is -1.12. The Balaban J connectivity index is 4.30. The number of carboxylic acids is 1. The number of carboxylic acid groups (broad SMARTS) is 1. The van der Waals surface area contributed by atoms with Gasteiger partial charge in [-0.3, -0.25) is 4.79 Å². The lowest BCUT2D eigenvalue weighted by Gasteiger charge is -2.21. The minimum absolute atomic E-state index is 0.0980. The molecule has 0 spiro atoms. The van der Waals surface area contributed by atoms with Crippen molar-refractivity contribution in [1.82, 2.24) is 10.6 Å². The molecule has 23 heavy (non-hydrogen) atoms. The van der Waals surface area contributed by atoms with Crippen molar-refractivity contribution >= 4 is 18.0 Å². The highest BCUT2D eigenvalue weighted by molar-refractivity contribution is 5.84. The van der Waals surface area contributed by atoms with E-state index in [1.807, 2.05) is 6.92 Å². The third-order valence-electron chi connectivity index (χ3n) is 3.15. The van der Waals surface area contributed by atoms with Crippen LogP contribution in [0.5, 0.6) is 0 Å². The molecular formula is C16H30N2O5. The summed E-state index contributed by atoms with van der Waals surface area (Å²) in [5, 5.41) is 14.2. The summed E-state index contributed by atoms with van der Waals surface area (Å²) in [6, 6.07) is -1.03. The molecule has 0 saturated heterocycles. The van der Waals surface area contributed by atoms with Gasteiger partial charge >= 0.3 is 12.1 Å². The lowest BCUT2D eigenvalue weighted by molar-refractivity contribution is -0.142. The number of carbonyl (C=O) groups is 3. The minimum Gasteiger partial charge on any atom is -0.480 e. The summed E-state index contributed by atoms with van der Waals surface area (Å²) >= 11 is 0. The van der Waals surface area contributed by atoms with Crippen molar-refractivity contribution in [3.8, 4) is 0 Å². The van der Waals surface area contributed by atoms with Crippen LogP contribution >= 0.6 is 0 Å². The van der Waals surface area contributed by atoms with Crippen LogP contribution in [-0.2, 0) is 14.3 Å². The number of hydrogen-bond acceptors (Lipinski definition) is 4. The van der Waals surface area contributed by atoms with Crippen molar-refractivity contribution in [2.24, 2.45) is 5.92 Å². The molecule has 0 saturated carbocycles. The van der Waals surface area contributed by atoms with Gasteiger partial charge in [0, 0.05) is 12.5 Å². The van der Waals surface area contributed by atoms with Gasteiger partial charge in [0.2, 0.25) is 5.91 Å². The Morgan fingerprint density at radius 1 is 1.17 bits per heavy atom. The number of aliphatic carboxylic acids is 1. The molecule has 0 aromatic heterocycles. The molecule has 0 radical (unpaired) electrons. The van der Waals surface area contributed by atoms with E-state index in [0.717, 1.165) is 19.3 Å². The SMILES string of the molecule is CCCC[C@H](C)C(=O)N[C@@H](CCNC(=O)OC(C)(C)C)C(=O)O. The Labute approximate surface area is 138 Å². The summed E-state index contributed by atoms with van der Waals surface area (Å²) in [5.41, 5.74) is -0.612. The first kappa shape index (κ1) is 21.2. The molecule has 0 aliphatic carbocycles. The fourth-order valence-corrected chi connectivity index (χ4v) is 1.85. The highest BCUT2D eigenvalue weighted by atomic mass is 16.6. The standard InChI is InChI=1S/C16H30N2O5/c1-6-7-8-11(2)13(19)18-12(14(20)21)9-10-17-15(22)23-16(3,4)5/h11-12H,6-10H2,1-5H3,(H,17,22)(H,18,19)(H,20,21)/t11-,12-/m0/s1. The van der Waals surface area contributed by atoms with Gasteiger partial charge in [-0.15, -0.1) is 0 Å². The Hall–Kier alpha value is -1.79. The summed E-state index contributed by atoms with van der Waals surface area (Å²) in [4.78, 5) is 34.7. The second-order valence-corrected chi connectivity index (χ2v) is 6.66. The van der Waals surface area contributed by atoms with Gasteiger partial charge in [-0.25, -0.2) is 9.59 Å². The number of alkyl carbamates (subject to hydrolysis) is 1. The maximum Gasteiger partial charge on any atom is 0.407 e. The number of carbonyl (C=O) groups excluding carboxylic acids is 2. The van der Waals surface area contributed by atoms with E-state index in [4.69, 9.17) is 4.74 Å². The predicted octanol–water partition coefficient (Wildman–Crippen LogP) is 2.30. The highest BCUT2D eigenvalue weighted by Crippen LogP contribution is 2.09. The second kappa shape index (κ2) is 10.1. The molecule has 0 bridgehead atoms. The molecule has 3 N–H and O–H groups in total. The average Bonchev–Trinajstić information content (AvgIpc) is 2.41. The molecule has 0 aliphatic heterocycles.